The van der Waals surface area contributed by atoms with E-state index in [1.165, 1.54) is 0 Å². The minimum Gasteiger partial charge on any atom is -0.487 e. The Labute approximate surface area is 343 Å². The predicted octanol–water partition coefficient (Wildman–Crippen LogP) is 4.26. The second-order valence-electron chi connectivity index (χ2n) is 13.9. The van der Waals surface area contributed by atoms with Gasteiger partial charge in [0.15, 0.2) is 24.1 Å². The number of aryl methyl sites for hydroxylation is 2. The Bertz CT molecular complexity index is 1300. The van der Waals surface area contributed by atoms with E-state index >= 15 is 0 Å². The predicted molar refractivity (Wildman–Crippen MR) is 211 cm³/mol. The SMILES string of the molecule is COCCOCCOCCOc1cc(C2OCC3(COC(c4cc(C)cc(C)c4)OC3)CO2)cc(OCCOCCOCCOC)c1OCCOCCOCCOC. The van der Waals surface area contributed by atoms with Crippen LogP contribution in [0.5, 0.6) is 17.2 Å². The summed E-state index contributed by atoms with van der Waals surface area (Å²) < 4.78 is 92.8. The van der Waals surface area contributed by atoms with Crippen LogP contribution in [-0.4, -0.2) is 167 Å². The average Bonchev–Trinajstić information content (AvgIpc) is 3.22. The van der Waals surface area contributed by atoms with Crippen molar-refractivity contribution in [3.8, 4) is 17.2 Å². The molecule has 0 aromatic heterocycles. The van der Waals surface area contributed by atoms with Crippen molar-refractivity contribution in [3.63, 3.8) is 0 Å². The number of benzene rings is 2. The summed E-state index contributed by atoms with van der Waals surface area (Å²) in [4.78, 5) is 0. The van der Waals surface area contributed by atoms with Crippen LogP contribution in [0.15, 0.2) is 30.3 Å². The van der Waals surface area contributed by atoms with E-state index in [-0.39, 0.29) is 19.8 Å². The van der Waals surface area contributed by atoms with Crippen LogP contribution in [0.25, 0.3) is 0 Å². The maximum atomic E-state index is 6.37. The quantitative estimate of drug-likeness (QED) is 0.0968. The third kappa shape index (κ3) is 17.9. The van der Waals surface area contributed by atoms with E-state index in [0.29, 0.717) is 148 Å². The van der Waals surface area contributed by atoms with Gasteiger partial charge in [-0.1, -0.05) is 29.3 Å². The molecule has 2 aromatic carbocycles. The molecule has 2 aliphatic rings. The van der Waals surface area contributed by atoms with Gasteiger partial charge >= 0.3 is 0 Å². The van der Waals surface area contributed by atoms with Gasteiger partial charge in [0.25, 0.3) is 0 Å². The monoisotopic (exact) mass is 826 g/mol. The Morgan fingerprint density at radius 1 is 0.414 bits per heavy atom. The first-order valence-corrected chi connectivity index (χ1v) is 20.0. The van der Waals surface area contributed by atoms with E-state index in [2.05, 4.69) is 32.0 Å². The zero-order chi connectivity index (χ0) is 41.1. The molecule has 1 spiro atoms. The number of hydrogen-bond acceptors (Lipinski definition) is 16. The molecule has 0 radical (unpaired) electrons. The molecule has 16 nitrogen and oxygen atoms in total. The minimum atomic E-state index is -0.705. The van der Waals surface area contributed by atoms with E-state index in [9.17, 15) is 0 Å². The summed E-state index contributed by atoms with van der Waals surface area (Å²) in [6.07, 6.45) is -1.14. The van der Waals surface area contributed by atoms with Crippen molar-refractivity contribution in [2.45, 2.75) is 26.4 Å². The number of methoxy groups -OCH3 is 3. The van der Waals surface area contributed by atoms with E-state index in [1.54, 1.807) is 21.3 Å². The molecule has 0 amide bonds. The average molecular weight is 827 g/mol. The van der Waals surface area contributed by atoms with E-state index < -0.39 is 18.0 Å². The first kappa shape index (κ1) is 48.0. The lowest BCUT2D eigenvalue weighted by molar-refractivity contribution is -0.307. The van der Waals surface area contributed by atoms with Gasteiger partial charge in [-0.05, 0) is 26.0 Å². The van der Waals surface area contributed by atoms with Crippen LogP contribution in [0.2, 0.25) is 0 Å². The van der Waals surface area contributed by atoms with E-state index in [1.807, 2.05) is 12.1 Å². The lowest BCUT2D eigenvalue weighted by atomic mass is 9.90. The van der Waals surface area contributed by atoms with Gasteiger partial charge in [0.2, 0.25) is 5.75 Å². The van der Waals surface area contributed by atoms with Crippen LogP contribution in [-0.2, 0) is 61.6 Å². The van der Waals surface area contributed by atoms with Crippen LogP contribution >= 0.6 is 0 Å². The lowest BCUT2D eigenvalue weighted by Crippen LogP contribution is -2.49. The highest BCUT2D eigenvalue weighted by Crippen LogP contribution is 2.44. The molecule has 0 N–H and O–H groups in total. The fourth-order valence-corrected chi connectivity index (χ4v) is 5.99. The number of rotatable bonds is 32. The summed E-state index contributed by atoms with van der Waals surface area (Å²) in [6.45, 7) is 13.1. The summed E-state index contributed by atoms with van der Waals surface area (Å²) in [5.41, 5.74) is 3.58. The van der Waals surface area contributed by atoms with Gasteiger partial charge in [0.1, 0.15) is 19.8 Å². The molecule has 58 heavy (non-hydrogen) atoms. The van der Waals surface area contributed by atoms with Crippen molar-refractivity contribution in [1.82, 2.24) is 0 Å². The third-order valence-corrected chi connectivity index (χ3v) is 8.85. The molecular weight excluding hydrogens is 760 g/mol. The van der Waals surface area contributed by atoms with Gasteiger partial charge < -0.3 is 75.8 Å². The van der Waals surface area contributed by atoms with Gasteiger partial charge in [-0.25, -0.2) is 0 Å². The van der Waals surface area contributed by atoms with Crippen molar-refractivity contribution in [2.24, 2.45) is 5.41 Å². The molecule has 2 fully saturated rings. The molecule has 2 saturated heterocycles. The van der Waals surface area contributed by atoms with Gasteiger partial charge in [-0.15, -0.1) is 0 Å². The first-order chi connectivity index (χ1) is 28.5. The highest BCUT2D eigenvalue weighted by molar-refractivity contribution is 5.54. The molecule has 0 bridgehead atoms. The van der Waals surface area contributed by atoms with Crippen molar-refractivity contribution < 1.29 is 75.8 Å². The molecule has 4 rings (SSSR count). The molecular formula is C42H66O16. The van der Waals surface area contributed by atoms with Crippen molar-refractivity contribution in [2.75, 3.05) is 167 Å². The standard InChI is InChI=1S/C42H66O16/c1-33-24-34(2)26-35(25-33)40-55-29-42(30-56-40)31-57-41(58-32-42)36-27-37(52-21-18-49-15-12-46-9-6-43-3)39(54-23-20-51-17-14-48-11-8-45-5)38(28-36)53-22-19-50-16-13-47-10-7-44-4/h24-28,40-41H,6-23,29-32H2,1-5H3. The van der Waals surface area contributed by atoms with Crippen molar-refractivity contribution in [1.29, 1.82) is 0 Å². The van der Waals surface area contributed by atoms with Crippen LogP contribution in [0.3, 0.4) is 0 Å². The fraction of sp³-hybridized carbons (Fsp3) is 0.714. The highest BCUT2D eigenvalue weighted by atomic mass is 16.7. The summed E-state index contributed by atoms with van der Waals surface area (Å²) in [7, 11) is 4.91. The van der Waals surface area contributed by atoms with Crippen LogP contribution in [0.4, 0.5) is 0 Å². The largest absolute Gasteiger partial charge is 0.487 e. The van der Waals surface area contributed by atoms with Crippen LogP contribution < -0.4 is 14.2 Å². The smallest absolute Gasteiger partial charge is 0.203 e. The molecule has 0 saturated carbocycles. The van der Waals surface area contributed by atoms with E-state index in [4.69, 9.17) is 75.8 Å². The molecule has 0 atom stereocenters. The maximum Gasteiger partial charge on any atom is 0.203 e. The Morgan fingerprint density at radius 2 is 0.724 bits per heavy atom. The molecule has 16 heteroatoms. The summed E-state index contributed by atoms with van der Waals surface area (Å²) in [5.74, 6) is 1.29. The Hall–Kier alpha value is -2.68. The number of hydrogen-bond donors (Lipinski definition) is 0. The normalized spacial score (nSPS) is 19.5. The molecule has 2 aromatic rings. The highest BCUT2D eigenvalue weighted by Gasteiger charge is 2.43. The Balaban J connectivity index is 1.41. The van der Waals surface area contributed by atoms with Gasteiger partial charge in [-0.2, -0.15) is 0 Å². The van der Waals surface area contributed by atoms with Gasteiger partial charge in [0, 0.05) is 32.5 Å². The molecule has 0 aliphatic carbocycles. The van der Waals surface area contributed by atoms with Gasteiger partial charge in [-0.3, -0.25) is 0 Å². The number of ether oxygens (including phenoxy) is 16. The topological polar surface area (TPSA) is 148 Å². The molecule has 330 valence electrons. The second-order valence-corrected chi connectivity index (χ2v) is 13.9. The maximum absolute atomic E-state index is 6.37. The van der Waals surface area contributed by atoms with Crippen LogP contribution in [0, 0.1) is 19.3 Å². The third-order valence-electron chi connectivity index (χ3n) is 8.85. The summed E-state index contributed by atoms with van der Waals surface area (Å²) >= 11 is 0. The van der Waals surface area contributed by atoms with E-state index in [0.717, 1.165) is 16.7 Å². The van der Waals surface area contributed by atoms with Gasteiger partial charge in [0.05, 0.1) is 131 Å². The Morgan fingerprint density at radius 3 is 1.09 bits per heavy atom. The fourth-order valence-electron chi connectivity index (χ4n) is 5.99. The van der Waals surface area contributed by atoms with Crippen LogP contribution in [0.1, 0.15) is 34.8 Å². The lowest BCUT2D eigenvalue weighted by Gasteiger charge is -2.44. The van der Waals surface area contributed by atoms with Crippen molar-refractivity contribution in [3.05, 3.63) is 52.6 Å². The first-order valence-electron chi connectivity index (χ1n) is 20.0. The molecule has 2 aliphatic heterocycles. The molecule has 2 heterocycles. The van der Waals surface area contributed by atoms with Crippen molar-refractivity contribution >= 4 is 0 Å². The summed E-state index contributed by atoms with van der Waals surface area (Å²) in [5, 5.41) is 0. The second kappa shape index (κ2) is 28.7. The zero-order valence-corrected chi connectivity index (χ0v) is 35.1. The summed E-state index contributed by atoms with van der Waals surface area (Å²) in [6, 6.07) is 10.0. The molecule has 0 unspecified atom stereocenters. The zero-order valence-electron chi connectivity index (χ0n) is 35.1. The minimum absolute atomic E-state index is 0.233. The Kier molecular flexibility index (Phi) is 23.8.